The van der Waals surface area contributed by atoms with Crippen LogP contribution in [-0.4, -0.2) is 39.5 Å². The summed E-state index contributed by atoms with van der Waals surface area (Å²) in [5.41, 5.74) is 1.87. The Morgan fingerprint density at radius 3 is 2.58 bits per heavy atom. The van der Waals surface area contributed by atoms with Crippen LogP contribution in [-0.2, 0) is 19.9 Å². The molecule has 2 aromatic rings. The van der Waals surface area contributed by atoms with Gasteiger partial charge in [0.1, 0.15) is 0 Å². The molecule has 1 aromatic carbocycles. The molecule has 24 heavy (non-hydrogen) atoms. The van der Waals surface area contributed by atoms with Crippen LogP contribution in [0.15, 0.2) is 33.7 Å². The number of sulfone groups is 1. The SMILES string of the molecule is Cc1cc(-c2ccc(C)c(S(=O)(=O)N[C@@H]3CCS(=O)(=O)C3)c2)on1. The molecular formula is C15H18N2O5S2. The Balaban J connectivity index is 1.92. The van der Waals surface area contributed by atoms with Gasteiger partial charge in [-0.25, -0.2) is 21.6 Å². The molecule has 0 aliphatic carbocycles. The third-order valence-electron chi connectivity index (χ3n) is 3.94. The number of aromatic nitrogens is 1. The van der Waals surface area contributed by atoms with Crippen molar-refractivity contribution < 1.29 is 21.4 Å². The average molecular weight is 370 g/mol. The van der Waals surface area contributed by atoms with Gasteiger partial charge in [0.25, 0.3) is 0 Å². The zero-order valence-corrected chi connectivity index (χ0v) is 14.9. The molecule has 1 saturated heterocycles. The fourth-order valence-electron chi connectivity index (χ4n) is 2.71. The van der Waals surface area contributed by atoms with Crippen molar-refractivity contribution in [2.45, 2.75) is 31.2 Å². The second-order valence-electron chi connectivity index (χ2n) is 6.03. The standard InChI is InChI=1S/C15H18N2O5S2/c1-10-3-4-12(14-7-11(2)16-22-14)8-15(10)24(20,21)17-13-5-6-23(18,19)9-13/h3-4,7-8,13,17H,5-6,9H2,1-2H3/t13-/m1/s1. The molecule has 1 atom stereocenters. The van der Waals surface area contributed by atoms with Crippen LogP contribution in [0, 0.1) is 13.8 Å². The van der Waals surface area contributed by atoms with E-state index in [2.05, 4.69) is 9.88 Å². The Labute approximate surface area is 141 Å². The van der Waals surface area contributed by atoms with Crippen molar-refractivity contribution in [1.82, 2.24) is 9.88 Å². The van der Waals surface area contributed by atoms with Crippen LogP contribution in [0.1, 0.15) is 17.7 Å². The van der Waals surface area contributed by atoms with E-state index in [1.165, 1.54) is 6.07 Å². The summed E-state index contributed by atoms with van der Waals surface area (Å²) in [5.74, 6) is 0.329. The third kappa shape index (κ3) is 3.52. The molecule has 0 radical (unpaired) electrons. The summed E-state index contributed by atoms with van der Waals surface area (Å²) < 4.78 is 56.0. The van der Waals surface area contributed by atoms with E-state index >= 15 is 0 Å². The number of aryl methyl sites for hydroxylation is 2. The van der Waals surface area contributed by atoms with Gasteiger partial charge in [-0.1, -0.05) is 17.3 Å². The van der Waals surface area contributed by atoms with E-state index < -0.39 is 25.9 Å². The number of nitrogens with one attached hydrogen (secondary N) is 1. The van der Waals surface area contributed by atoms with Gasteiger partial charge in [-0.3, -0.25) is 0 Å². The largest absolute Gasteiger partial charge is 0.356 e. The quantitative estimate of drug-likeness (QED) is 0.872. The predicted molar refractivity (Wildman–Crippen MR) is 88.8 cm³/mol. The maximum Gasteiger partial charge on any atom is 0.241 e. The van der Waals surface area contributed by atoms with Gasteiger partial charge >= 0.3 is 0 Å². The molecular weight excluding hydrogens is 352 g/mol. The smallest absolute Gasteiger partial charge is 0.241 e. The van der Waals surface area contributed by atoms with Crippen molar-refractivity contribution in [3.05, 3.63) is 35.5 Å². The van der Waals surface area contributed by atoms with Gasteiger partial charge in [0.2, 0.25) is 10.0 Å². The van der Waals surface area contributed by atoms with Gasteiger partial charge in [0.05, 0.1) is 22.1 Å². The van der Waals surface area contributed by atoms with Gasteiger partial charge in [0, 0.05) is 17.7 Å². The van der Waals surface area contributed by atoms with Gasteiger partial charge < -0.3 is 4.52 Å². The van der Waals surface area contributed by atoms with Gasteiger partial charge in [-0.15, -0.1) is 0 Å². The number of nitrogens with zero attached hydrogens (tertiary/aromatic N) is 1. The molecule has 0 amide bonds. The second kappa shape index (κ2) is 5.98. The fourth-order valence-corrected chi connectivity index (χ4v) is 6.03. The first-order chi connectivity index (χ1) is 11.2. The topological polar surface area (TPSA) is 106 Å². The summed E-state index contributed by atoms with van der Waals surface area (Å²) in [5, 5.41) is 3.80. The molecule has 3 rings (SSSR count). The number of sulfonamides is 1. The Bertz CT molecular complexity index is 977. The number of hydrogen-bond acceptors (Lipinski definition) is 6. The van der Waals surface area contributed by atoms with Crippen LogP contribution in [0.4, 0.5) is 0 Å². The minimum atomic E-state index is -3.82. The fraction of sp³-hybridized carbons (Fsp3) is 0.400. The van der Waals surface area contributed by atoms with E-state index in [9.17, 15) is 16.8 Å². The molecule has 2 heterocycles. The average Bonchev–Trinajstić information content (AvgIpc) is 3.04. The molecule has 130 valence electrons. The molecule has 0 spiro atoms. The highest BCUT2D eigenvalue weighted by atomic mass is 32.2. The summed E-state index contributed by atoms with van der Waals surface area (Å²) in [6, 6.07) is 6.09. The molecule has 1 aromatic heterocycles. The van der Waals surface area contributed by atoms with Crippen molar-refractivity contribution in [3.63, 3.8) is 0 Å². The Hall–Kier alpha value is -1.71. The lowest BCUT2D eigenvalue weighted by molar-refractivity contribution is 0.427. The number of hydrogen-bond donors (Lipinski definition) is 1. The summed E-state index contributed by atoms with van der Waals surface area (Å²) in [7, 11) is -6.98. The van der Waals surface area contributed by atoms with E-state index in [0.717, 1.165) is 0 Å². The van der Waals surface area contributed by atoms with Gasteiger partial charge in [0.15, 0.2) is 15.6 Å². The molecule has 1 N–H and O–H groups in total. The van der Waals surface area contributed by atoms with E-state index in [1.54, 1.807) is 32.0 Å². The summed E-state index contributed by atoms with van der Waals surface area (Å²) in [4.78, 5) is 0.110. The number of rotatable bonds is 4. The third-order valence-corrected chi connectivity index (χ3v) is 7.37. The monoisotopic (exact) mass is 370 g/mol. The molecule has 0 saturated carbocycles. The minimum Gasteiger partial charge on any atom is -0.356 e. The highest BCUT2D eigenvalue weighted by Gasteiger charge is 2.32. The first-order valence-electron chi connectivity index (χ1n) is 7.43. The normalized spacial score (nSPS) is 20.3. The Morgan fingerprint density at radius 1 is 1.25 bits per heavy atom. The molecule has 0 unspecified atom stereocenters. The lowest BCUT2D eigenvalue weighted by Gasteiger charge is -2.14. The first-order valence-corrected chi connectivity index (χ1v) is 10.7. The van der Waals surface area contributed by atoms with Crippen molar-refractivity contribution in [2.75, 3.05) is 11.5 Å². The summed E-state index contributed by atoms with van der Waals surface area (Å²) >= 11 is 0. The lowest BCUT2D eigenvalue weighted by atomic mass is 10.1. The Kier molecular flexibility index (Phi) is 4.27. The first kappa shape index (κ1) is 17.1. The van der Waals surface area contributed by atoms with E-state index in [0.29, 0.717) is 29.0 Å². The van der Waals surface area contributed by atoms with Gasteiger partial charge in [-0.2, -0.15) is 0 Å². The maximum absolute atomic E-state index is 12.7. The highest BCUT2D eigenvalue weighted by molar-refractivity contribution is 7.92. The molecule has 9 heteroatoms. The van der Waals surface area contributed by atoms with E-state index in [4.69, 9.17) is 4.52 Å². The van der Waals surface area contributed by atoms with Crippen molar-refractivity contribution in [3.8, 4) is 11.3 Å². The predicted octanol–water partition coefficient (Wildman–Crippen LogP) is 1.42. The van der Waals surface area contributed by atoms with Crippen LogP contribution in [0.2, 0.25) is 0 Å². The zero-order chi connectivity index (χ0) is 17.5. The van der Waals surface area contributed by atoms with Crippen molar-refractivity contribution >= 4 is 19.9 Å². The van der Waals surface area contributed by atoms with Crippen LogP contribution in [0.25, 0.3) is 11.3 Å². The second-order valence-corrected chi connectivity index (χ2v) is 9.95. The van der Waals surface area contributed by atoms with Crippen LogP contribution in [0.5, 0.6) is 0 Å². The van der Waals surface area contributed by atoms with Crippen LogP contribution >= 0.6 is 0 Å². The summed E-state index contributed by atoms with van der Waals surface area (Å²) in [6.07, 6.45) is 0.293. The number of benzene rings is 1. The summed E-state index contributed by atoms with van der Waals surface area (Å²) in [6.45, 7) is 3.47. The lowest BCUT2D eigenvalue weighted by Crippen LogP contribution is -2.35. The molecule has 1 aliphatic heterocycles. The van der Waals surface area contributed by atoms with E-state index in [1.807, 2.05) is 0 Å². The van der Waals surface area contributed by atoms with Gasteiger partial charge in [-0.05, 0) is 31.9 Å². The maximum atomic E-state index is 12.7. The molecule has 1 aliphatic rings. The van der Waals surface area contributed by atoms with E-state index in [-0.39, 0.29) is 16.4 Å². The van der Waals surface area contributed by atoms with Crippen LogP contribution < -0.4 is 4.72 Å². The molecule has 7 nitrogen and oxygen atoms in total. The minimum absolute atomic E-state index is 0.0105. The highest BCUT2D eigenvalue weighted by Crippen LogP contribution is 2.26. The van der Waals surface area contributed by atoms with Crippen molar-refractivity contribution in [2.24, 2.45) is 0 Å². The van der Waals surface area contributed by atoms with Crippen LogP contribution in [0.3, 0.4) is 0 Å². The Morgan fingerprint density at radius 2 is 2.00 bits per heavy atom. The zero-order valence-electron chi connectivity index (χ0n) is 13.3. The molecule has 0 bridgehead atoms. The molecule has 1 fully saturated rings. The van der Waals surface area contributed by atoms with Crippen molar-refractivity contribution in [1.29, 1.82) is 0 Å².